The van der Waals surface area contributed by atoms with Gasteiger partial charge < -0.3 is 9.64 Å². The Morgan fingerprint density at radius 3 is 2.76 bits per heavy atom. The van der Waals surface area contributed by atoms with Crippen LogP contribution in [0.25, 0.3) is 0 Å². The molecule has 0 radical (unpaired) electrons. The fourth-order valence-electron chi connectivity index (χ4n) is 2.43. The van der Waals surface area contributed by atoms with Crippen LogP contribution in [0.2, 0.25) is 0 Å². The maximum absolute atomic E-state index is 13.8. The van der Waals surface area contributed by atoms with Crippen LogP contribution in [-0.4, -0.2) is 36.6 Å². The van der Waals surface area contributed by atoms with Gasteiger partial charge in [0.25, 0.3) is 5.91 Å². The van der Waals surface area contributed by atoms with Crippen molar-refractivity contribution in [1.82, 2.24) is 4.90 Å². The largest absolute Gasteiger partial charge is 0.381 e. The molecule has 112 valence electrons. The molecular formula is C15H16F2N2O2. The van der Waals surface area contributed by atoms with Crippen molar-refractivity contribution >= 4 is 5.91 Å². The van der Waals surface area contributed by atoms with Crippen molar-refractivity contribution in [2.75, 3.05) is 19.8 Å². The molecule has 1 fully saturated rings. The predicted molar refractivity (Wildman–Crippen MR) is 71.5 cm³/mol. The average Bonchev–Trinajstić information content (AvgIpc) is 2.51. The normalized spacial score (nSPS) is 15.5. The molecule has 0 aromatic heterocycles. The minimum atomic E-state index is -0.754. The van der Waals surface area contributed by atoms with E-state index in [0.29, 0.717) is 26.1 Å². The summed E-state index contributed by atoms with van der Waals surface area (Å²) in [5.74, 6) is -1.99. The van der Waals surface area contributed by atoms with E-state index < -0.39 is 17.5 Å². The molecule has 0 unspecified atom stereocenters. The maximum Gasteiger partial charge on any atom is 0.257 e. The van der Waals surface area contributed by atoms with E-state index >= 15 is 0 Å². The van der Waals surface area contributed by atoms with Gasteiger partial charge in [-0.3, -0.25) is 4.79 Å². The highest BCUT2D eigenvalue weighted by Crippen LogP contribution is 2.20. The molecule has 0 spiro atoms. The molecule has 2 rings (SSSR count). The maximum atomic E-state index is 13.8. The van der Waals surface area contributed by atoms with Crippen molar-refractivity contribution in [1.29, 1.82) is 5.26 Å². The first-order valence-corrected chi connectivity index (χ1v) is 6.84. The molecule has 1 amide bonds. The van der Waals surface area contributed by atoms with Crippen LogP contribution >= 0.6 is 0 Å². The van der Waals surface area contributed by atoms with E-state index in [-0.39, 0.29) is 24.6 Å². The number of carbonyl (C=O) groups excluding carboxylic acids is 1. The highest BCUT2D eigenvalue weighted by Gasteiger charge is 2.28. The number of hydrogen-bond donors (Lipinski definition) is 0. The Balaban J connectivity index is 2.24. The molecule has 1 aromatic rings. The van der Waals surface area contributed by atoms with E-state index in [1.165, 1.54) is 4.90 Å². The topological polar surface area (TPSA) is 53.3 Å². The van der Waals surface area contributed by atoms with Crippen molar-refractivity contribution in [3.63, 3.8) is 0 Å². The van der Waals surface area contributed by atoms with Crippen LogP contribution in [0.3, 0.4) is 0 Å². The minimum Gasteiger partial charge on any atom is -0.381 e. The van der Waals surface area contributed by atoms with Gasteiger partial charge in [-0.2, -0.15) is 5.26 Å². The summed E-state index contributed by atoms with van der Waals surface area (Å²) >= 11 is 0. The van der Waals surface area contributed by atoms with Crippen LogP contribution in [0.15, 0.2) is 18.2 Å². The fraction of sp³-hybridized carbons (Fsp3) is 0.467. The summed E-state index contributed by atoms with van der Waals surface area (Å²) < 4.78 is 32.3. The van der Waals surface area contributed by atoms with Crippen LogP contribution in [0.5, 0.6) is 0 Å². The van der Waals surface area contributed by atoms with Gasteiger partial charge in [-0.15, -0.1) is 0 Å². The number of halogens is 2. The Morgan fingerprint density at radius 1 is 1.38 bits per heavy atom. The molecular weight excluding hydrogens is 278 g/mol. The van der Waals surface area contributed by atoms with Crippen molar-refractivity contribution in [2.24, 2.45) is 0 Å². The summed E-state index contributed by atoms with van der Waals surface area (Å²) in [6, 6.07) is 4.68. The first kappa shape index (κ1) is 15.4. The van der Waals surface area contributed by atoms with Crippen LogP contribution in [-0.2, 0) is 4.74 Å². The summed E-state index contributed by atoms with van der Waals surface area (Å²) in [4.78, 5) is 14.0. The molecule has 4 nitrogen and oxygen atoms in total. The third-order valence-corrected chi connectivity index (χ3v) is 3.52. The smallest absolute Gasteiger partial charge is 0.257 e. The molecule has 1 aliphatic rings. The number of ether oxygens (including phenoxy) is 1. The number of nitriles is 1. The van der Waals surface area contributed by atoms with Crippen molar-refractivity contribution < 1.29 is 18.3 Å². The Labute approximate surface area is 121 Å². The number of benzene rings is 1. The third kappa shape index (κ3) is 3.76. The molecule has 1 aliphatic heterocycles. The lowest BCUT2D eigenvalue weighted by Gasteiger charge is -2.34. The summed E-state index contributed by atoms with van der Waals surface area (Å²) in [7, 11) is 0. The van der Waals surface area contributed by atoms with Crippen LogP contribution in [0.4, 0.5) is 8.78 Å². The SMILES string of the molecule is N#CCCN(C(=O)c1cc(F)ccc1F)C1CCOCC1. The van der Waals surface area contributed by atoms with E-state index in [1.807, 2.05) is 6.07 Å². The quantitative estimate of drug-likeness (QED) is 0.857. The van der Waals surface area contributed by atoms with Gasteiger partial charge in [0, 0.05) is 25.8 Å². The third-order valence-electron chi connectivity index (χ3n) is 3.52. The highest BCUT2D eigenvalue weighted by atomic mass is 19.1. The van der Waals surface area contributed by atoms with E-state index in [1.54, 1.807) is 0 Å². The second kappa shape index (κ2) is 7.14. The highest BCUT2D eigenvalue weighted by molar-refractivity contribution is 5.94. The van der Waals surface area contributed by atoms with Gasteiger partial charge >= 0.3 is 0 Å². The second-order valence-corrected chi connectivity index (χ2v) is 4.87. The fourth-order valence-corrected chi connectivity index (χ4v) is 2.43. The van der Waals surface area contributed by atoms with Gasteiger partial charge in [-0.1, -0.05) is 0 Å². The molecule has 21 heavy (non-hydrogen) atoms. The van der Waals surface area contributed by atoms with E-state index in [4.69, 9.17) is 10.00 Å². The lowest BCUT2D eigenvalue weighted by atomic mass is 10.0. The molecule has 1 aromatic carbocycles. The van der Waals surface area contributed by atoms with Crippen molar-refractivity contribution in [3.05, 3.63) is 35.4 Å². The molecule has 0 atom stereocenters. The van der Waals surface area contributed by atoms with E-state index in [9.17, 15) is 13.6 Å². The zero-order valence-corrected chi connectivity index (χ0v) is 11.5. The lowest BCUT2D eigenvalue weighted by Crippen LogP contribution is -2.44. The molecule has 0 N–H and O–H groups in total. The van der Waals surface area contributed by atoms with Crippen LogP contribution < -0.4 is 0 Å². The Kier molecular flexibility index (Phi) is 5.23. The lowest BCUT2D eigenvalue weighted by molar-refractivity contribution is 0.0293. The van der Waals surface area contributed by atoms with Crippen molar-refractivity contribution in [3.8, 4) is 6.07 Å². The van der Waals surface area contributed by atoms with Gasteiger partial charge in [-0.25, -0.2) is 8.78 Å². The average molecular weight is 294 g/mol. The summed E-state index contributed by atoms with van der Waals surface area (Å²) in [5.41, 5.74) is -0.292. The number of carbonyl (C=O) groups is 1. The monoisotopic (exact) mass is 294 g/mol. The number of hydrogen-bond acceptors (Lipinski definition) is 3. The minimum absolute atomic E-state index is 0.109. The van der Waals surface area contributed by atoms with E-state index in [0.717, 1.165) is 18.2 Å². The Bertz CT molecular complexity index is 551. The van der Waals surface area contributed by atoms with Gasteiger partial charge in [0.05, 0.1) is 18.1 Å². The zero-order chi connectivity index (χ0) is 15.2. The van der Waals surface area contributed by atoms with Crippen LogP contribution in [0.1, 0.15) is 29.6 Å². The summed E-state index contributed by atoms with van der Waals surface area (Å²) in [6.07, 6.45) is 1.42. The second-order valence-electron chi connectivity index (χ2n) is 4.87. The molecule has 6 heteroatoms. The number of amides is 1. The van der Waals surface area contributed by atoms with Gasteiger partial charge in [-0.05, 0) is 31.0 Å². The molecule has 1 heterocycles. The van der Waals surface area contributed by atoms with Gasteiger partial charge in [0.1, 0.15) is 11.6 Å². The zero-order valence-electron chi connectivity index (χ0n) is 11.5. The molecule has 1 saturated heterocycles. The first-order valence-electron chi connectivity index (χ1n) is 6.84. The van der Waals surface area contributed by atoms with Gasteiger partial charge in [0.15, 0.2) is 0 Å². The first-order chi connectivity index (χ1) is 10.1. The molecule has 0 aliphatic carbocycles. The van der Waals surface area contributed by atoms with Crippen LogP contribution in [0, 0.1) is 23.0 Å². The number of rotatable bonds is 4. The standard InChI is InChI=1S/C15H16F2N2O2/c16-11-2-3-14(17)13(10-11)15(20)19(7-1-6-18)12-4-8-21-9-5-12/h2-3,10,12H,1,4-5,7-9H2. The number of nitrogens with zero attached hydrogens (tertiary/aromatic N) is 2. The van der Waals surface area contributed by atoms with Crippen molar-refractivity contribution in [2.45, 2.75) is 25.3 Å². The Morgan fingerprint density at radius 2 is 2.10 bits per heavy atom. The summed E-state index contributed by atoms with van der Waals surface area (Å²) in [6.45, 7) is 1.25. The molecule has 0 bridgehead atoms. The van der Waals surface area contributed by atoms with E-state index in [2.05, 4.69) is 0 Å². The molecule has 0 saturated carbocycles. The predicted octanol–water partition coefficient (Wildman–Crippen LogP) is 2.50. The van der Waals surface area contributed by atoms with Gasteiger partial charge in [0.2, 0.25) is 0 Å². The Hall–Kier alpha value is -2.00. The summed E-state index contributed by atoms with van der Waals surface area (Å²) in [5, 5.41) is 8.72.